The van der Waals surface area contributed by atoms with Gasteiger partial charge in [0.25, 0.3) is 0 Å². The lowest BCUT2D eigenvalue weighted by Crippen LogP contribution is -2.18. The minimum atomic E-state index is 0.319. The van der Waals surface area contributed by atoms with Crippen molar-refractivity contribution in [3.8, 4) is 0 Å². The second-order valence-corrected chi connectivity index (χ2v) is 4.19. The molecule has 0 aliphatic heterocycles. The molecule has 2 heterocycles. The third-order valence-electron chi connectivity index (χ3n) is 2.79. The predicted molar refractivity (Wildman–Crippen MR) is 68.5 cm³/mol. The summed E-state index contributed by atoms with van der Waals surface area (Å²) in [5.41, 5.74) is 3.51. The van der Waals surface area contributed by atoms with E-state index in [0.29, 0.717) is 6.04 Å². The molecule has 1 unspecified atom stereocenters. The fourth-order valence-electron chi connectivity index (χ4n) is 1.64. The summed E-state index contributed by atoms with van der Waals surface area (Å²) in [6.45, 7) is 4.98. The van der Waals surface area contributed by atoms with E-state index in [1.165, 1.54) is 11.1 Å². The standard InChI is InChI=1S/C14H17N3/c1-11-3-4-13(9-16-11)10-17-12(2)14-5-7-15-8-6-14/h3-9,12,17H,10H2,1-2H3. The van der Waals surface area contributed by atoms with Gasteiger partial charge in [0.1, 0.15) is 0 Å². The number of aromatic nitrogens is 2. The molecule has 1 atom stereocenters. The first-order valence-corrected chi connectivity index (χ1v) is 5.80. The predicted octanol–water partition coefficient (Wildman–Crippen LogP) is 2.64. The van der Waals surface area contributed by atoms with Gasteiger partial charge in [0.05, 0.1) is 0 Å². The van der Waals surface area contributed by atoms with E-state index in [-0.39, 0.29) is 0 Å². The molecule has 0 saturated heterocycles. The number of hydrogen-bond acceptors (Lipinski definition) is 3. The van der Waals surface area contributed by atoms with Crippen molar-refractivity contribution in [2.75, 3.05) is 0 Å². The van der Waals surface area contributed by atoms with Crippen LogP contribution < -0.4 is 5.32 Å². The average Bonchev–Trinajstić information content (AvgIpc) is 2.39. The van der Waals surface area contributed by atoms with E-state index in [1.54, 1.807) is 0 Å². The molecule has 0 aromatic carbocycles. The second-order valence-electron chi connectivity index (χ2n) is 4.19. The summed E-state index contributed by atoms with van der Waals surface area (Å²) in [4.78, 5) is 8.30. The summed E-state index contributed by atoms with van der Waals surface area (Å²) in [5.74, 6) is 0. The lowest BCUT2D eigenvalue weighted by Gasteiger charge is -2.13. The summed E-state index contributed by atoms with van der Waals surface area (Å²) in [6.07, 6.45) is 5.56. The van der Waals surface area contributed by atoms with Crippen molar-refractivity contribution in [3.05, 3.63) is 59.7 Å². The van der Waals surface area contributed by atoms with E-state index < -0.39 is 0 Å². The lowest BCUT2D eigenvalue weighted by atomic mass is 10.1. The van der Waals surface area contributed by atoms with Crippen LogP contribution in [0.15, 0.2) is 42.9 Å². The number of nitrogens with one attached hydrogen (secondary N) is 1. The Morgan fingerprint density at radius 3 is 2.59 bits per heavy atom. The van der Waals surface area contributed by atoms with Gasteiger partial charge in [0.15, 0.2) is 0 Å². The Kier molecular flexibility index (Phi) is 3.83. The highest BCUT2D eigenvalue weighted by Crippen LogP contribution is 2.11. The van der Waals surface area contributed by atoms with E-state index in [2.05, 4.69) is 28.3 Å². The van der Waals surface area contributed by atoms with Crippen LogP contribution in [0.2, 0.25) is 0 Å². The molecule has 0 aliphatic carbocycles. The monoisotopic (exact) mass is 227 g/mol. The molecule has 1 N–H and O–H groups in total. The number of pyridine rings is 2. The highest BCUT2D eigenvalue weighted by molar-refractivity contribution is 5.16. The molecule has 17 heavy (non-hydrogen) atoms. The Hall–Kier alpha value is -1.74. The van der Waals surface area contributed by atoms with Crippen molar-refractivity contribution in [2.45, 2.75) is 26.4 Å². The Labute approximate surface area is 102 Å². The summed E-state index contributed by atoms with van der Waals surface area (Å²) in [7, 11) is 0. The van der Waals surface area contributed by atoms with Crippen molar-refractivity contribution in [2.24, 2.45) is 0 Å². The van der Waals surface area contributed by atoms with Crippen LogP contribution in [0.4, 0.5) is 0 Å². The molecule has 3 heteroatoms. The highest BCUT2D eigenvalue weighted by atomic mass is 14.9. The maximum Gasteiger partial charge on any atom is 0.0372 e. The molecule has 3 nitrogen and oxygen atoms in total. The van der Waals surface area contributed by atoms with Crippen LogP contribution in [-0.2, 0) is 6.54 Å². The van der Waals surface area contributed by atoms with Gasteiger partial charge in [-0.1, -0.05) is 6.07 Å². The van der Waals surface area contributed by atoms with Gasteiger partial charge in [-0.2, -0.15) is 0 Å². The van der Waals surface area contributed by atoms with Crippen LogP contribution in [0.5, 0.6) is 0 Å². The molecule has 0 amide bonds. The van der Waals surface area contributed by atoms with Gasteiger partial charge >= 0.3 is 0 Å². The normalized spacial score (nSPS) is 12.4. The number of aryl methyl sites for hydroxylation is 1. The van der Waals surface area contributed by atoms with Crippen molar-refractivity contribution < 1.29 is 0 Å². The molecule has 2 rings (SSSR count). The number of nitrogens with zero attached hydrogens (tertiary/aromatic N) is 2. The second kappa shape index (κ2) is 5.55. The van der Waals surface area contributed by atoms with Gasteiger partial charge in [0, 0.05) is 36.9 Å². The minimum absolute atomic E-state index is 0.319. The Morgan fingerprint density at radius 2 is 1.94 bits per heavy atom. The molecule has 0 radical (unpaired) electrons. The average molecular weight is 227 g/mol. The maximum atomic E-state index is 4.28. The molecular formula is C14H17N3. The van der Waals surface area contributed by atoms with E-state index in [4.69, 9.17) is 0 Å². The minimum Gasteiger partial charge on any atom is -0.306 e. The van der Waals surface area contributed by atoms with Gasteiger partial charge in [0.2, 0.25) is 0 Å². The zero-order valence-corrected chi connectivity index (χ0v) is 10.2. The maximum absolute atomic E-state index is 4.28. The number of hydrogen-bond donors (Lipinski definition) is 1. The van der Waals surface area contributed by atoms with Crippen molar-refractivity contribution in [3.63, 3.8) is 0 Å². The summed E-state index contributed by atoms with van der Waals surface area (Å²) in [5, 5.41) is 3.47. The topological polar surface area (TPSA) is 37.8 Å². The summed E-state index contributed by atoms with van der Waals surface area (Å²) >= 11 is 0. The van der Waals surface area contributed by atoms with Crippen LogP contribution in [0.25, 0.3) is 0 Å². The Bertz CT molecular complexity index is 451. The van der Waals surface area contributed by atoms with Crippen LogP contribution in [0, 0.1) is 6.92 Å². The molecule has 0 fully saturated rings. The SMILES string of the molecule is Cc1ccc(CNC(C)c2ccncc2)cn1. The van der Waals surface area contributed by atoms with Crippen molar-refractivity contribution >= 4 is 0 Å². The van der Waals surface area contributed by atoms with Gasteiger partial charge in [-0.05, 0) is 43.2 Å². The molecule has 0 saturated carbocycles. The number of rotatable bonds is 4. The van der Waals surface area contributed by atoms with Crippen LogP contribution in [0.3, 0.4) is 0 Å². The zero-order valence-electron chi connectivity index (χ0n) is 10.2. The first kappa shape index (κ1) is 11.7. The van der Waals surface area contributed by atoms with Crippen LogP contribution in [0.1, 0.15) is 29.8 Å². The van der Waals surface area contributed by atoms with Crippen LogP contribution >= 0.6 is 0 Å². The quantitative estimate of drug-likeness (QED) is 0.872. The van der Waals surface area contributed by atoms with Crippen molar-refractivity contribution in [1.29, 1.82) is 0 Å². The van der Waals surface area contributed by atoms with E-state index in [9.17, 15) is 0 Å². The third-order valence-corrected chi connectivity index (χ3v) is 2.79. The zero-order chi connectivity index (χ0) is 12.1. The Morgan fingerprint density at radius 1 is 1.18 bits per heavy atom. The van der Waals surface area contributed by atoms with Gasteiger partial charge in [-0.3, -0.25) is 9.97 Å². The Balaban J connectivity index is 1.92. The van der Waals surface area contributed by atoms with Gasteiger partial charge in [-0.25, -0.2) is 0 Å². The molecule has 0 aliphatic rings. The molecule has 0 bridgehead atoms. The van der Waals surface area contributed by atoms with Gasteiger partial charge < -0.3 is 5.32 Å². The van der Waals surface area contributed by atoms with E-state index in [1.807, 2.05) is 43.7 Å². The lowest BCUT2D eigenvalue weighted by molar-refractivity contribution is 0.573. The van der Waals surface area contributed by atoms with Gasteiger partial charge in [-0.15, -0.1) is 0 Å². The van der Waals surface area contributed by atoms with Crippen LogP contribution in [-0.4, -0.2) is 9.97 Å². The molecular weight excluding hydrogens is 210 g/mol. The third kappa shape index (κ3) is 3.36. The largest absolute Gasteiger partial charge is 0.306 e. The van der Waals surface area contributed by atoms with Crippen molar-refractivity contribution in [1.82, 2.24) is 15.3 Å². The van der Waals surface area contributed by atoms with E-state index >= 15 is 0 Å². The first-order chi connectivity index (χ1) is 8.25. The summed E-state index contributed by atoms with van der Waals surface area (Å²) in [6, 6.07) is 8.53. The molecule has 2 aromatic heterocycles. The van der Waals surface area contributed by atoms with E-state index in [0.717, 1.165) is 12.2 Å². The smallest absolute Gasteiger partial charge is 0.0372 e. The summed E-state index contributed by atoms with van der Waals surface area (Å²) < 4.78 is 0. The molecule has 2 aromatic rings. The fourth-order valence-corrected chi connectivity index (χ4v) is 1.64. The molecule has 88 valence electrons. The highest BCUT2D eigenvalue weighted by Gasteiger charge is 2.03. The first-order valence-electron chi connectivity index (χ1n) is 5.80. The fraction of sp³-hybridized carbons (Fsp3) is 0.286. The molecule has 0 spiro atoms.